The van der Waals surface area contributed by atoms with E-state index in [0.717, 1.165) is 36.3 Å². The SMILES string of the molecule is CCCCCCCCOc1ccc(C=C(C#N)c2ccc(CCCCC)cc2)cc1. The molecule has 0 bridgehead atoms. The lowest BCUT2D eigenvalue weighted by atomic mass is 10.0. The van der Waals surface area contributed by atoms with Crippen LogP contribution in [0.15, 0.2) is 48.5 Å². The predicted octanol–water partition coefficient (Wildman–Crippen LogP) is 8.22. The van der Waals surface area contributed by atoms with Crippen molar-refractivity contribution in [1.82, 2.24) is 0 Å². The summed E-state index contributed by atoms with van der Waals surface area (Å²) >= 11 is 0. The van der Waals surface area contributed by atoms with Gasteiger partial charge >= 0.3 is 0 Å². The highest BCUT2D eigenvalue weighted by Crippen LogP contribution is 2.21. The zero-order chi connectivity index (χ0) is 21.4. The second-order valence-corrected chi connectivity index (χ2v) is 8.01. The lowest BCUT2D eigenvalue weighted by molar-refractivity contribution is 0.304. The normalized spacial score (nSPS) is 11.3. The zero-order valence-corrected chi connectivity index (χ0v) is 18.8. The minimum atomic E-state index is 0.691. The van der Waals surface area contributed by atoms with Gasteiger partial charge in [0.1, 0.15) is 5.75 Å². The average molecular weight is 404 g/mol. The van der Waals surface area contributed by atoms with Crippen LogP contribution in [-0.4, -0.2) is 6.61 Å². The maximum Gasteiger partial charge on any atom is 0.119 e. The van der Waals surface area contributed by atoms with Crippen molar-refractivity contribution >= 4 is 11.6 Å². The monoisotopic (exact) mass is 403 g/mol. The molecule has 160 valence electrons. The summed E-state index contributed by atoms with van der Waals surface area (Å²) in [6.45, 7) is 5.24. The quantitative estimate of drug-likeness (QED) is 0.181. The van der Waals surface area contributed by atoms with Crippen molar-refractivity contribution in [2.24, 2.45) is 0 Å². The van der Waals surface area contributed by atoms with E-state index in [1.54, 1.807) is 0 Å². The molecule has 2 heteroatoms. The molecule has 0 fully saturated rings. The highest BCUT2D eigenvalue weighted by molar-refractivity contribution is 5.89. The number of nitriles is 1. The summed E-state index contributed by atoms with van der Waals surface area (Å²) in [4.78, 5) is 0. The molecule has 2 aromatic rings. The molecule has 0 spiro atoms. The second kappa shape index (κ2) is 14.5. The fourth-order valence-electron chi connectivity index (χ4n) is 3.51. The van der Waals surface area contributed by atoms with Gasteiger partial charge in [-0.2, -0.15) is 5.26 Å². The molecule has 30 heavy (non-hydrogen) atoms. The van der Waals surface area contributed by atoms with Crippen molar-refractivity contribution in [2.45, 2.75) is 78.1 Å². The minimum absolute atomic E-state index is 0.691. The number of allylic oxidation sites excluding steroid dienone is 1. The van der Waals surface area contributed by atoms with Gasteiger partial charge in [-0.1, -0.05) is 95.2 Å². The molecule has 0 unspecified atom stereocenters. The van der Waals surface area contributed by atoms with E-state index in [9.17, 15) is 5.26 Å². The van der Waals surface area contributed by atoms with Crippen molar-refractivity contribution < 1.29 is 4.74 Å². The van der Waals surface area contributed by atoms with Gasteiger partial charge in [-0.3, -0.25) is 0 Å². The first-order valence-corrected chi connectivity index (χ1v) is 11.7. The summed E-state index contributed by atoms with van der Waals surface area (Å²) in [6, 6.07) is 18.8. The molecule has 0 atom stereocenters. The second-order valence-electron chi connectivity index (χ2n) is 8.01. The molecule has 0 aliphatic heterocycles. The Balaban J connectivity index is 1.86. The molecule has 0 aliphatic carbocycles. The van der Waals surface area contributed by atoms with E-state index in [1.165, 1.54) is 56.9 Å². The number of unbranched alkanes of at least 4 members (excludes halogenated alkanes) is 7. The largest absolute Gasteiger partial charge is 0.494 e. The first-order valence-electron chi connectivity index (χ1n) is 11.7. The highest BCUT2D eigenvalue weighted by atomic mass is 16.5. The molecule has 0 saturated carbocycles. The van der Waals surface area contributed by atoms with Crippen molar-refractivity contribution in [1.29, 1.82) is 5.26 Å². The summed E-state index contributed by atoms with van der Waals surface area (Å²) in [6.07, 6.45) is 14.4. The van der Waals surface area contributed by atoms with Gasteiger partial charge in [0.2, 0.25) is 0 Å². The van der Waals surface area contributed by atoms with Crippen LogP contribution < -0.4 is 4.74 Å². The number of nitrogens with zero attached hydrogens (tertiary/aromatic N) is 1. The number of benzene rings is 2. The Morgan fingerprint density at radius 1 is 0.800 bits per heavy atom. The molecular weight excluding hydrogens is 366 g/mol. The minimum Gasteiger partial charge on any atom is -0.494 e. The maximum absolute atomic E-state index is 9.62. The molecule has 0 N–H and O–H groups in total. The van der Waals surface area contributed by atoms with Crippen LogP contribution in [0.25, 0.3) is 11.6 Å². The molecule has 2 rings (SSSR count). The maximum atomic E-state index is 9.62. The van der Waals surface area contributed by atoms with Gasteiger partial charge in [-0.25, -0.2) is 0 Å². The number of hydrogen-bond acceptors (Lipinski definition) is 2. The third kappa shape index (κ3) is 8.87. The van der Waals surface area contributed by atoms with E-state index in [0.29, 0.717) is 5.57 Å². The van der Waals surface area contributed by atoms with Gasteiger partial charge in [0.15, 0.2) is 0 Å². The van der Waals surface area contributed by atoms with Crippen molar-refractivity contribution in [3.05, 3.63) is 65.2 Å². The van der Waals surface area contributed by atoms with Crippen molar-refractivity contribution in [2.75, 3.05) is 6.61 Å². The topological polar surface area (TPSA) is 33.0 Å². The van der Waals surface area contributed by atoms with Crippen molar-refractivity contribution in [3.8, 4) is 11.8 Å². The van der Waals surface area contributed by atoms with Gasteiger partial charge in [0, 0.05) is 0 Å². The summed E-state index contributed by atoms with van der Waals surface area (Å²) in [5.41, 5.74) is 4.03. The Labute approximate surface area is 183 Å². The predicted molar refractivity (Wildman–Crippen MR) is 128 cm³/mol. The highest BCUT2D eigenvalue weighted by Gasteiger charge is 2.03. The van der Waals surface area contributed by atoms with Crippen LogP contribution in [0, 0.1) is 11.3 Å². The van der Waals surface area contributed by atoms with Gasteiger partial charge < -0.3 is 4.74 Å². The first-order chi connectivity index (χ1) is 14.8. The van der Waals surface area contributed by atoms with Gasteiger partial charge in [0.25, 0.3) is 0 Å². The number of rotatable bonds is 14. The molecule has 0 saturated heterocycles. The molecule has 0 aromatic heterocycles. The Morgan fingerprint density at radius 3 is 2.10 bits per heavy atom. The number of hydrogen-bond donors (Lipinski definition) is 0. The molecule has 0 radical (unpaired) electrons. The lowest BCUT2D eigenvalue weighted by Crippen LogP contribution is -1.97. The molecule has 2 nitrogen and oxygen atoms in total. The molecular formula is C28H37NO. The van der Waals surface area contributed by atoms with Gasteiger partial charge in [0.05, 0.1) is 18.2 Å². The molecule has 0 heterocycles. The molecule has 2 aromatic carbocycles. The van der Waals surface area contributed by atoms with Crippen LogP contribution in [0.3, 0.4) is 0 Å². The summed E-state index contributed by atoms with van der Waals surface area (Å²) in [7, 11) is 0. The molecule has 0 aliphatic rings. The van der Waals surface area contributed by atoms with E-state index in [1.807, 2.05) is 30.3 Å². The fourth-order valence-corrected chi connectivity index (χ4v) is 3.51. The zero-order valence-electron chi connectivity index (χ0n) is 18.8. The Kier molecular flexibility index (Phi) is 11.4. The van der Waals surface area contributed by atoms with Crippen LogP contribution in [-0.2, 0) is 6.42 Å². The van der Waals surface area contributed by atoms with Crippen LogP contribution in [0.5, 0.6) is 5.75 Å². The smallest absolute Gasteiger partial charge is 0.119 e. The van der Waals surface area contributed by atoms with E-state index < -0.39 is 0 Å². The van der Waals surface area contributed by atoms with Crippen LogP contribution in [0.4, 0.5) is 0 Å². The van der Waals surface area contributed by atoms with Crippen molar-refractivity contribution in [3.63, 3.8) is 0 Å². The third-order valence-electron chi connectivity index (χ3n) is 5.41. The number of aryl methyl sites for hydroxylation is 1. The van der Waals surface area contributed by atoms with E-state index in [2.05, 4.69) is 44.2 Å². The number of ether oxygens (including phenoxy) is 1. The van der Waals surface area contributed by atoms with E-state index in [-0.39, 0.29) is 0 Å². The van der Waals surface area contributed by atoms with Crippen LogP contribution in [0.1, 0.15) is 88.3 Å². The summed E-state index contributed by atoms with van der Waals surface area (Å²) < 4.78 is 5.85. The van der Waals surface area contributed by atoms with Gasteiger partial charge in [-0.15, -0.1) is 0 Å². The molecule has 0 amide bonds. The Morgan fingerprint density at radius 2 is 1.43 bits per heavy atom. The van der Waals surface area contributed by atoms with E-state index >= 15 is 0 Å². The Bertz CT molecular complexity index is 781. The summed E-state index contributed by atoms with van der Waals surface area (Å²) in [5.74, 6) is 0.899. The van der Waals surface area contributed by atoms with Gasteiger partial charge in [-0.05, 0) is 54.2 Å². The third-order valence-corrected chi connectivity index (χ3v) is 5.41. The Hall–Kier alpha value is -2.53. The van der Waals surface area contributed by atoms with Crippen LogP contribution in [0.2, 0.25) is 0 Å². The van der Waals surface area contributed by atoms with E-state index in [4.69, 9.17) is 4.74 Å². The standard InChI is InChI=1S/C28H37NO/c1-3-5-7-8-9-11-21-30-28-19-15-25(16-20-28)22-27(23-29)26-17-13-24(14-18-26)12-10-6-4-2/h13-20,22H,3-12,21H2,1-2H3. The van der Waals surface area contributed by atoms with Crippen LogP contribution >= 0.6 is 0 Å². The lowest BCUT2D eigenvalue weighted by Gasteiger charge is -2.07. The fraction of sp³-hybridized carbons (Fsp3) is 0.464. The average Bonchev–Trinajstić information content (AvgIpc) is 2.78. The first kappa shape index (κ1) is 23.7. The summed E-state index contributed by atoms with van der Waals surface area (Å²) in [5, 5.41) is 9.62.